The second kappa shape index (κ2) is 17.8. The number of aliphatic hydroxyl groups is 1. The molecule has 0 amide bonds. The molecule has 121 valence electrons. The maximum atomic E-state index is 9.45. The van der Waals surface area contributed by atoms with Gasteiger partial charge in [-0.15, -0.1) is 0 Å². The predicted molar refractivity (Wildman–Crippen MR) is 91.5 cm³/mol. The summed E-state index contributed by atoms with van der Waals surface area (Å²) < 4.78 is 0.925. The van der Waals surface area contributed by atoms with Gasteiger partial charge >= 0.3 is 102 Å². The molecular formula is C18H37OTe. The van der Waals surface area contributed by atoms with E-state index in [0.717, 1.165) is 10.9 Å². The number of rotatable bonds is 16. The van der Waals surface area contributed by atoms with Crippen molar-refractivity contribution in [2.45, 2.75) is 114 Å². The Hall–Kier alpha value is 0.750. The van der Waals surface area contributed by atoms with Crippen molar-refractivity contribution < 1.29 is 5.11 Å². The third-order valence-corrected chi connectivity index (χ3v) is 5.18. The van der Waals surface area contributed by atoms with E-state index in [9.17, 15) is 5.11 Å². The summed E-state index contributed by atoms with van der Waals surface area (Å²) in [6.07, 6.45) is 20.6. The number of unbranched alkanes of at least 4 members (excludes halogenated alkanes) is 13. The van der Waals surface area contributed by atoms with Gasteiger partial charge in [-0.2, -0.15) is 0 Å². The van der Waals surface area contributed by atoms with Gasteiger partial charge in [0.05, 0.1) is 0 Å². The molecule has 0 saturated carbocycles. The zero-order valence-corrected chi connectivity index (χ0v) is 16.1. The summed E-state index contributed by atoms with van der Waals surface area (Å²) in [5.41, 5.74) is 0. The van der Waals surface area contributed by atoms with Gasteiger partial charge in [0.2, 0.25) is 0 Å². The summed E-state index contributed by atoms with van der Waals surface area (Å²) >= 11 is 2.00. The van der Waals surface area contributed by atoms with E-state index < -0.39 is 0 Å². The van der Waals surface area contributed by atoms with Gasteiger partial charge < -0.3 is 0 Å². The van der Waals surface area contributed by atoms with Gasteiger partial charge in [0.15, 0.2) is 0 Å². The van der Waals surface area contributed by atoms with Crippen LogP contribution in [0.25, 0.3) is 0 Å². The Morgan fingerprint density at radius 3 is 1.35 bits per heavy atom. The van der Waals surface area contributed by atoms with Crippen LogP contribution in [0.3, 0.4) is 0 Å². The molecular weight excluding hydrogens is 360 g/mol. The van der Waals surface area contributed by atoms with Crippen LogP contribution in [0.4, 0.5) is 0 Å². The summed E-state index contributed by atoms with van der Waals surface area (Å²) in [5.74, 6) is 0. The first-order valence-electron chi connectivity index (χ1n) is 9.07. The molecule has 1 unspecified atom stereocenters. The molecule has 0 rings (SSSR count). The molecule has 0 heterocycles. The molecule has 0 fully saturated rings. The Morgan fingerprint density at radius 2 is 1.00 bits per heavy atom. The van der Waals surface area contributed by atoms with Crippen molar-refractivity contribution in [2.24, 2.45) is 0 Å². The van der Waals surface area contributed by atoms with Gasteiger partial charge in [0.25, 0.3) is 0 Å². The van der Waals surface area contributed by atoms with Crippen LogP contribution in [0.1, 0.15) is 103 Å². The standard InChI is InChI=1S/C18H37OTe/c1-2-3-4-5-6-7-8-9-10-11-12-13-14-15-16-18(19)17-20/h18-19H,2-17H2,1H3. The van der Waals surface area contributed by atoms with Crippen molar-refractivity contribution in [1.29, 1.82) is 0 Å². The Kier molecular flexibility index (Phi) is 18.5. The normalized spacial score (nSPS) is 12.8. The molecule has 1 radical (unpaired) electrons. The molecule has 2 heteroatoms. The van der Waals surface area contributed by atoms with Gasteiger partial charge in [-0.1, -0.05) is 39.0 Å². The van der Waals surface area contributed by atoms with E-state index in [4.69, 9.17) is 0 Å². The van der Waals surface area contributed by atoms with Crippen LogP contribution in [0.2, 0.25) is 4.47 Å². The first-order chi connectivity index (χ1) is 9.81. The Bertz CT molecular complexity index is 173. The zero-order valence-electron chi connectivity index (χ0n) is 13.7. The second-order valence-corrected chi connectivity index (χ2v) is 7.16. The van der Waals surface area contributed by atoms with E-state index in [2.05, 4.69) is 6.92 Å². The molecule has 0 aliphatic rings. The predicted octanol–water partition coefficient (Wildman–Crippen LogP) is 5.81. The topological polar surface area (TPSA) is 20.2 Å². The fourth-order valence-electron chi connectivity index (χ4n) is 2.66. The van der Waals surface area contributed by atoms with E-state index in [0.29, 0.717) is 0 Å². The van der Waals surface area contributed by atoms with Crippen LogP contribution in [-0.2, 0) is 0 Å². The average molecular weight is 397 g/mol. The molecule has 0 spiro atoms. The second-order valence-electron chi connectivity index (χ2n) is 6.21. The average Bonchev–Trinajstić information content (AvgIpc) is 2.47. The van der Waals surface area contributed by atoms with Crippen LogP contribution < -0.4 is 0 Å². The van der Waals surface area contributed by atoms with Crippen LogP contribution >= 0.6 is 0 Å². The van der Waals surface area contributed by atoms with Gasteiger partial charge in [-0.25, -0.2) is 0 Å². The minimum absolute atomic E-state index is 0.0443. The molecule has 0 aromatic carbocycles. The van der Waals surface area contributed by atoms with Crippen molar-refractivity contribution in [3.63, 3.8) is 0 Å². The molecule has 20 heavy (non-hydrogen) atoms. The molecule has 0 aliphatic carbocycles. The summed E-state index contributed by atoms with van der Waals surface area (Å²) in [6.45, 7) is 2.28. The molecule has 1 N–H and O–H groups in total. The van der Waals surface area contributed by atoms with Crippen molar-refractivity contribution >= 4 is 22.3 Å². The number of hydrogen-bond donors (Lipinski definition) is 1. The van der Waals surface area contributed by atoms with Gasteiger partial charge in [0.1, 0.15) is 0 Å². The van der Waals surface area contributed by atoms with E-state index in [1.54, 1.807) is 0 Å². The number of hydrogen-bond acceptors (Lipinski definition) is 1. The molecule has 0 aliphatic heterocycles. The molecule has 1 nitrogen and oxygen atoms in total. The Labute approximate surface area is 141 Å². The third kappa shape index (κ3) is 16.8. The summed E-state index contributed by atoms with van der Waals surface area (Å²) in [6, 6.07) is 0. The van der Waals surface area contributed by atoms with E-state index in [1.165, 1.54) is 89.9 Å². The molecule has 0 saturated heterocycles. The summed E-state index contributed by atoms with van der Waals surface area (Å²) in [4.78, 5) is 0. The quantitative estimate of drug-likeness (QED) is 0.258. The van der Waals surface area contributed by atoms with Crippen molar-refractivity contribution in [3.8, 4) is 0 Å². The zero-order chi connectivity index (χ0) is 14.9. The minimum atomic E-state index is -0.0443. The first-order valence-corrected chi connectivity index (χ1v) is 10.7. The fourth-order valence-corrected chi connectivity index (χ4v) is 3.13. The molecule has 1 atom stereocenters. The monoisotopic (exact) mass is 399 g/mol. The Balaban J connectivity index is 2.96. The van der Waals surface area contributed by atoms with Crippen LogP contribution in [0.15, 0.2) is 0 Å². The number of aliphatic hydroxyl groups excluding tert-OH is 1. The van der Waals surface area contributed by atoms with Crippen LogP contribution in [-0.4, -0.2) is 33.5 Å². The van der Waals surface area contributed by atoms with Crippen molar-refractivity contribution in [2.75, 3.05) is 0 Å². The molecule has 0 bridgehead atoms. The third-order valence-electron chi connectivity index (χ3n) is 4.08. The van der Waals surface area contributed by atoms with Gasteiger partial charge in [-0.3, -0.25) is 0 Å². The van der Waals surface area contributed by atoms with Gasteiger partial charge in [0, 0.05) is 0 Å². The van der Waals surface area contributed by atoms with Crippen LogP contribution in [0.5, 0.6) is 0 Å². The van der Waals surface area contributed by atoms with Crippen molar-refractivity contribution in [1.82, 2.24) is 0 Å². The molecule has 0 aromatic rings. The summed E-state index contributed by atoms with van der Waals surface area (Å²) in [7, 11) is 0. The van der Waals surface area contributed by atoms with Crippen LogP contribution in [0, 0.1) is 0 Å². The first kappa shape index (κ1) is 20.7. The van der Waals surface area contributed by atoms with E-state index in [-0.39, 0.29) is 6.10 Å². The molecule has 0 aromatic heterocycles. The maximum absolute atomic E-state index is 9.45. The summed E-state index contributed by atoms with van der Waals surface area (Å²) in [5, 5.41) is 9.45. The SMILES string of the molecule is CCCCCCCCCCCCCCCCC(O)C[Te]. The fraction of sp³-hybridized carbons (Fsp3) is 1.00. The van der Waals surface area contributed by atoms with Crippen molar-refractivity contribution in [3.05, 3.63) is 0 Å². The Morgan fingerprint density at radius 1 is 0.650 bits per heavy atom. The van der Waals surface area contributed by atoms with E-state index >= 15 is 0 Å². The van der Waals surface area contributed by atoms with Gasteiger partial charge in [-0.05, 0) is 0 Å². The van der Waals surface area contributed by atoms with E-state index in [1.807, 2.05) is 22.3 Å².